The summed E-state index contributed by atoms with van der Waals surface area (Å²) in [7, 11) is 0. The summed E-state index contributed by atoms with van der Waals surface area (Å²) in [5.74, 6) is 0.0821. The number of hydrogen-bond acceptors (Lipinski definition) is 3. The molecule has 1 amide bonds. The topological polar surface area (TPSA) is 47.6 Å². The second-order valence-corrected chi connectivity index (χ2v) is 6.21. The van der Waals surface area contributed by atoms with Crippen LogP contribution in [0.2, 0.25) is 0 Å². The maximum Gasteiger partial charge on any atom is 0.255 e. The summed E-state index contributed by atoms with van der Waals surface area (Å²) in [5.41, 5.74) is 1.90. The van der Waals surface area contributed by atoms with Gasteiger partial charge in [-0.3, -0.25) is 4.79 Å². The molecule has 5 heteroatoms. The van der Waals surface area contributed by atoms with Crippen molar-refractivity contribution in [3.8, 4) is 5.75 Å². The highest BCUT2D eigenvalue weighted by atomic mass is 19.1. The number of hydrogen-bond donors (Lipinski definition) is 1. The first-order valence-electron chi connectivity index (χ1n) is 8.50. The molecule has 0 radical (unpaired) electrons. The van der Waals surface area contributed by atoms with Crippen molar-refractivity contribution in [3.63, 3.8) is 0 Å². The van der Waals surface area contributed by atoms with Gasteiger partial charge in [0.25, 0.3) is 5.91 Å². The Hall–Kier alpha value is -2.40. The highest BCUT2D eigenvalue weighted by molar-refractivity contribution is 5.96. The van der Waals surface area contributed by atoms with Crippen LogP contribution in [0, 0.1) is 12.7 Å². The lowest BCUT2D eigenvalue weighted by molar-refractivity contribution is 0.0670. The second-order valence-electron chi connectivity index (χ2n) is 6.21. The third-order valence-electron chi connectivity index (χ3n) is 4.26. The molecule has 1 aliphatic heterocycles. The van der Waals surface area contributed by atoms with E-state index in [0.29, 0.717) is 30.0 Å². The summed E-state index contributed by atoms with van der Waals surface area (Å²) in [5, 5.41) is 2.86. The molecule has 1 heterocycles. The highest BCUT2D eigenvalue weighted by Crippen LogP contribution is 2.20. The summed E-state index contributed by atoms with van der Waals surface area (Å²) < 4.78 is 24.7. The molecule has 0 spiro atoms. The van der Waals surface area contributed by atoms with Gasteiger partial charge in [-0.2, -0.15) is 0 Å². The Morgan fingerprint density at radius 1 is 1.32 bits per heavy atom. The number of carbonyl (C=O) groups excluding carboxylic acids is 1. The molecule has 1 fully saturated rings. The zero-order valence-corrected chi connectivity index (χ0v) is 14.3. The molecular weight excluding hydrogens is 321 g/mol. The van der Waals surface area contributed by atoms with Gasteiger partial charge in [0.05, 0.1) is 11.7 Å². The van der Waals surface area contributed by atoms with Crippen molar-refractivity contribution in [2.24, 2.45) is 0 Å². The van der Waals surface area contributed by atoms with Crippen molar-refractivity contribution in [1.82, 2.24) is 5.32 Å². The number of rotatable bonds is 6. The Morgan fingerprint density at radius 2 is 2.16 bits per heavy atom. The molecule has 1 unspecified atom stereocenters. The third-order valence-corrected chi connectivity index (χ3v) is 4.26. The fraction of sp³-hybridized carbons (Fsp3) is 0.350. The van der Waals surface area contributed by atoms with E-state index in [-0.39, 0.29) is 17.8 Å². The molecule has 0 bridgehead atoms. The van der Waals surface area contributed by atoms with E-state index in [2.05, 4.69) is 5.32 Å². The maximum absolute atomic E-state index is 13.3. The van der Waals surface area contributed by atoms with Crippen LogP contribution in [0.3, 0.4) is 0 Å². The van der Waals surface area contributed by atoms with Crippen molar-refractivity contribution in [2.45, 2.75) is 32.4 Å². The number of nitrogens with one attached hydrogen (secondary N) is 1. The number of ether oxygens (including phenoxy) is 2. The Morgan fingerprint density at radius 3 is 2.92 bits per heavy atom. The fourth-order valence-electron chi connectivity index (χ4n) is 2.83. The first-order chi connectivity index (χ1) is 12.1. The number of aryl methyl sites for hydroxylation is 1. The molecule has 2 aromatic rings. The van der Waals surface area contributed by atoms with Crippen LogP contribution in [0.4, 0.5) is 4.39 Å². The van der Waals surface area contributed by atoms with Gasteiger partial charge >= 0.3 is 0 Å². The molecule has 3 rings (SSSR count). The van der Waals surface area contributed by atoms with Crippen LogP contribution in [0.15, 0.2) is 42.5 Å². The molecule has 2 aromatic carbocycles. The number of halogens is 1. The van der Waals surface area contributed by atoms with Gasteiger partial charge in [-0.25, -0.2) is 4.39 Å². The summed E-state index contributed by atoms with van der Waals surface area (Å²) in [6.45, 7) is 3.25. The minimum Gasteiger partial charge on any atom is -0.490 e. The van der Waals surface area contributed by atoms with Gasteiger partial charge in [-0.15, -0.1) is 0 Å². The number of para-hydroxylation sites is 1. The Kier molecular flexibility index (Phi) is 5.66. The number of carbonyl (C=O) groups is 1. The van der Waals surface area contributed by atoms with Crippen LogP contribution in [-0.2, 0) is 11.3 Å². The van der Waals surface area contributed by atoms with Crippen LogP contribution in [0.5, 0.6) is 5.75 Å². The van der Waals surface area contributed by atoms with Crippen molar-refractivity contribution in [3.05, 3.63) is 65.0 Å². The van der Waals surface area contributed by atoms with Crippen molar-refractivity contribution in [1.29, 1.82) is 0 Å². The number of benzene rings is 2. The molecular formula is C20H22FNO3. The predicted octanol–water partition coefficient (Wildman–Crippen LogP) is 3.62. The maximum atomic E-state index is 13.3. The summed E-state index contributed by atoms with van der Waals surface area (Å²) in [6.07, 6.45) is 2.13. The molecule has 0 aromatic heterocycles. The Balaban J connectivity index is 1.61. The minimum absolute atomic E-state index is 0.0957. The van der Waals surface area contributed by atoms with Crippen molar-refractivity contribution in [2.75, 3.05) is 13.2 Å². The summed E-state index contributed by atoms with van der Waals surface area (Å²) >= 11 is 0. The van der Waals surface area contributed by atoms with E-state index < -0.39 is 0 Å². The van der Waals surface area contributed by atoms with Crippen LogP contribution in [0.1, 0.15) is 34.3 Å². The largest absolute Gasteiger partial charge is 0.490 e. The van der Waals surface area contributed by atoms with E-state index in [0.717, 1.165) is 25.0 Å². The highest BCUT2D eigenvalue weighted by Gasteiger charge is 2.18. The second kappa shape index (κ2) is 8.12. The van der Waals surface area contributed by atoms with Gasteiger partial charge in [-0.05, 0) is 49.1 Å². The third kappa shape index (κ3) is 4.57. The Bertz CT molecular complexity index is 741. The van der Waals surface area contributed by atoms with Gasteiger partial charge in [-0.1, -0.05) is 24.3 Å². The van der Waals surface area contributed by atoms with Crippen LogP contribution in [0.25, 0.3) is 0 Å². The minimum atomic E-state index is -0.247. The van der Waals surface area contributed by atoms with E-state index in [1.807, 2.05) is 6.07 Å². The molecule has 0 saturated carbocycles. The molecule has 4 nitrogen and oxygen atoms in total. The molecule has 1 atom stereocenters. The smallest absolute Gasteiger partial charge is 0.255 e. The lowest BCUT2D eigenvalue weighted by Gasteiger charge is -2.14. The van der Waals surface area contributed by atoms with Crippen molar-refractivity contribution < 1.29 is 18.7 Å². The average Bonchev–Trinajstić information content (AvgIpc) is 3.14. The van der Waals surface area contributed by atoms with Gasteiger partial charge in [0.1, 0.15) is 18.2 Å². The van der Waals surface area contributed by atoms with E-state index in [1.165, 1.54) is 6.07 Å². The predicted molar refractivity (Wildman–Crippen MR) is 93.2 cm³/mol. The quantitative estimate of drug-likeness (QED) is 0.871. The van der Waals surface area contributed by atoms with Gasteiger partial charge in [0.2, 0.25) is 0 Å². The first-order valence-corrected chi connectivity index (χ1v) is 8.50. The Labute approximate surface area is 147 Å². The normalized spacial score (nSPS) is 16.6. The monoisotopic (exact) mass is 343 g/mol. The number of amides is 1. The van der Waals surface area contributed by atoms with Crippen LogP contribution < -0.4 is 10.1 Å². The molecule has 25 heavy (non-hydrogen) atoms. The average molecular weight is 343 g/mol. The zero-order valence-electron chi connectivity index (χ0n) is 14.3. The fourth-order valence-corrected chi connectivity index (χ4v) is 2.83. The van der Waals surface area contributed by atoms with Crippen LogP contribution >= 0.6 is 0 Å². The first kappa shape index (κ1) is 17.4. The van der Waals surface area contributed by atoms with Gasteiger partial charge in [0, 0.05) is 13.2 Å². The molecule has 132 valence electrons. The molecule has 1 N–H and O–H groups in total. The van der Waals surface area contributed by atoms with E-state index in [9.17, 15) is 9.18 Å². The SMILES string of the molecule is Cc1cc(CNC(=O)c2ccccc2OCC2CCCO2)ccc1F. The lowest BCUT2D eigenvalue weighted by atomic mass is 10.1. The van der Waals surface area contributed by atoms with Gasteiger partial charge in [0.15, 0.2) is 0 Å². The van der Waals surface area contributed by atoms with E-state index in [4.69, 9.17) is 9.47 Å². The van der Waals surface area contributed by atoms with Gasteiger partial charge < -0.3 is 14.8 Å². The zero-order chi connectivity index (χ0) is 17.6. The summed E-state index contributed by atoms with van der Waals surface area (Å²) in [4.78, 5) is 12.5. The van der Waals surface area contributed by atoms with Crippen LogP contribution in [-0.4, -0.2) is 25.2 Å². The lowest BCUT2D eigenvalue weighted by Crippen LogP contribution is -2.24. The molecule has 1 saturated heterocycles. The standard InChI is InChI=1S/C20H22FNO3/c1-14-11-15(8-9-18(14)21)12-22-20(23)17-6-2-3-7-19(17)25-13-16-5-4-10-24-16/h2-3,6-9,11,16H,4-5,10,12-13H2,1H3,(H,22,23). The van der Waals surface area contributed by atoms with Crippen molar-refractivity contribution >= 4 is 5.91 Å². The molecule has 0 aliphatic carbocycles. The molecule has 1 aliphatic rings. The van der Waals surface area contributed by atoms with E-state index in [1.54, 1.807) is 37.3 Å². The summed E-state index contributed by atoms with van der Waals surface area (Å²) in [6, 6.07) is 12.0. The van der Waals surface area contributed by atoms with E-state index >= 15 is 0 Å².